The summed E-state index contributed by atoms with van der Waals surface area (Å²) in [4.78, 5) is 0. The first-order valence-corrected chi connectivity index (χ1v) is 50.0. The molecule has 0 saturated heterocycles. The maximum atomic E-state index is 2.72. The largest absolute Gasteiger partial charge is 0.0654 e. The van der Waals surface area contributed by atoms with Crippen LogP contribution in [0.4, 0.5) is 0 Å². The third-order valence-electron chi connectivity index (χ3n) is 37.7. The summed E-state index contributed by atoms with van der Waals surface area (Å²) in [6, 6.07) is 0. The van der Waals surface area contributed by atoms with Gasteiger partial charge in [-0.3, -0.25) is 0 Å². The smallest absolute Gasteiger partial charge is 0.0240 e. The van der Waals surface area contributed by atoms with Crippen LogP contribution >= 0.6 is 0 Å². The predicted octanol–water partition coefficient (Wildman–Crippen LogP) is 35.4. The van der Waals surface area contributed by atoms with E-state index in [0.29, 0.717) is 21.7 Å². The van der Waals surface area contributed by atoms with Gasteiger partial charge in [-0.1, -0.05) is 297 Å². The Morgan fingerprint density at radius 1 is 0.280 bits per heavy atom. The summed E-state index contributed by atoms with van der Waals surface area (Å²) in [5, 5.41) is 0. The van der Waals surface area contributed by atoms with Crippen LogP contribution < -0.4 is 0 Å². The van der Waals surface area contributed by atoms with Crippen LogP contribution in [0.5, 0.6) is 0 Å². The van der Waals surface area contributed by atoms with E-state index in [1.165, 1.54) is 218 Å². The van der Waals surface area contributed by atoms with Gasteiger partial charge in [-0.25, -0.2) is 0 Å². The van der Waals surface area contributed by atoms with Crippen molar-refractivity contribution in [2.45, 2.75) is 483 Å². The molecule has 630 valence electrons. The van der Waals surface area contributed by atoms with Crippen molar-refractivity contribution >= 4 is 0 Å². The fourth-order valence-corrected chi connectivity index (χ4v) is 29.4. The fourth-order valence-electron chi connectivity index (χ4n) is 29.4. The zero-order chi connectivity index (χ0) is 79.2. The Bertz CT molecular complexity index is 2360. The Labute approximate surface area is 676 Å². The highest BCUT2D eigenvalue weighted by atomic mass is 14.6. The van der Waals surface area contributed by atoms with E-state index in [9.17, 15) is 0 Å². The van der Waals surface area contributed by atoms with Crippen molar-refractivity contribution in [2.24, 2.45) is 198 Å². The average molecular weight is 1490 g/mol. The van der Waals surface area contributed by atoms with Gasteiger partial charge in [-0.15, -0.1) is 0 Å². The normalized spacial score (nSPS) is 41.1. The Kier molecular flexibility index (Phi) is 36.9. The van der Waals surface area contributed by atoms with E-state index in [1.54, 1.807) is 64.2 Å². The van der Waals surface area contributed by atoms with Crippen LogP contribution in [-0.2, 0) is 0 Å². The minimum atomic E-state index is 0.563. The van der Waals surface area contributed by atoms with Crippen LogP contribution in [0.25, 0.3) is 0 Å². The SMILES string of the molecule is CC(C)CC(C)(C)C1CC(C)C(C)C1.CC(C)CC(C)(C)C1CCC(C)C1.CC1CC(C2(C)C3CC4CC(C3)CC2C4)CC1C.CC1CC(C2(C)CCCCC2)CC1C.CC1CCC(C2(C)CCCCC2)C1.CC1CCC2CCCCC12.CCCC(C)(C)C1CC(C)C(C)C1.CCCC(C)(C)C1CCC(C)C1. The van der Waals surface area contributed by atoms with Crippen molar-refractivity contribution in [3.63, 3.8) is 0 Å². The molecule has 15 aliphatic rings. The lowest BCUT2D eigenvalue weighted by Crippen LogP contribution is -2.54. The van der Waals surface area contributed by atoms with Crippen molar-refractivity contribution in [1.29, 1.82) is 0 Å². The number of hydrogen-bond donors (Lipinski definition) is 0. The number of fused-ring (bicyclic) bond motifs is 1. The van der Waals surface area contributed by atoms with Gasteiger partial charge in [-0.05, 0) is 384 Å². The molecular formula is C107H202. The third kappa shape index (κ3) is 26.8. The summed E-state index contributed by atoms with van der Waals surface area (Å²) >= 11 is 0. The van der Waals surface area contributed by atoms with Crippen LogP contribution in [0, 0.1) is 198 Å². The first-order valence-electron chi connectivity index (χ1n) is 50.0. The lowest BCUT2D eigenvalue weighted by atomic mass is 9.43. The molecule has 0 heteroatoms. The van der Waals surface area contributed by atoms with E-state index in [-0.39, 0.29) is 0 Å². The van der Waals surface area contributed by atoms with E-state index >= 15 is 0 Å². The standard InChI is InChI=1S/C18H30.C14H26.C14H28.C13H24.2C13H26.C12H24.C10H18/c1-11-4-15(5-12(11)2)18(3)16-7-13-6-14(9-16)10-17(18)8-13;1-11-9-13(10-12(11)2)14(3)7-5-4-6-8-14;1-10(2)9-14(5,6)13-7-11(3)12(4)8-13;1-11-6-7-12(10-11)13(2)8-4-3-5-9-13;1-10(2)9-13(4,5)12-7-6-11(3)8-12;1-6-7-13(4,5)12-8-10(2)11(3)9-12;1-5-8-12(3,4)11-7-6-10(2)9-11;1-8-6-7-9-4-2-3-5-10(8)9/h11-17H,4-10H2,1-3H3;11-13H,4-10H2,1-3H3;10-13H,7-9H2,1-6H3;11-12H,3-10H2,1-2H3;2*10-12H,6-9H2,1-5H3;10-11H,5-9H2,1-4H3;8-10H,2-7H2,1H3. The number of rotatable bonds is 15. The van der Waals surface area contributed by atoms with Crippen molar-refractivity contribution < 1.29 is 0 Å². The van der Waals surface area contributed by atoms with Crippen LogP contribution in [0.15, 0.2) is 0 Å². The van der Waals surface area contributed by atoms with Crippen molar-refractivity contribution in [2.75, 3.05) is 0 Å². The Morgan fingerprint density at radius 2 is 0.617 bits per heavy atom. The summed E-state index contributed by atoms with van der Waals surface area (Å²) in [6.45, 7) is 70.9. The van der Waals surface area contributed by atoms with Crippen molar-refractivity contribution in [3.05, 3.63) is 0 Å². The Balaban J connectivity index is 0.000000171. The highest BCUT2D eigenvalue weighted by molar-refractivity contribution is 5.08. The van der Waals surface area contributed by atoms with Gasteiger partial charge in [0.2, 0.25) is 0 Å². The highest BCUT2D eigenvalue weighted by Gasteiger charge is 2.59. The molecule has 17 unspecified atom stereocenters. The lowest BCUT2D eigenvalue weighted by molar-refractivity contribution is -0.129. The van der Waals surface area contributed by atoms with E-state index in [1.807, 2.05) is 0 Å². The Hall–Kier alpha value is 0. The molecule has 0 N–H and O–H groups in total. The van der Waals surface area contributed by atoms with Gasteiger partial charge in [-0.2, -0.15) is 0 Å². The Morgan fingerprint density at radius 3 is 0.991 bits per heavy atom. The molecule has 17 atom stereocenters. The summed E-state index contributed by atoms with van der Waals surface area (Å²) in [5.74, 6) is 27.4. The van der Waals surface area contributed by atoms with Gasteiger partial charge in [0.25, 0.3) is 0 Å². The van der Waals surface area contributed by atoms with Gasteiger partial charge in [0, 0.05) is 0 Å². The molecule has 0 nitrogen and oxygen atoms in total. The van der Waals surface area contributed by atoms with Gasteiger partial charge in [0.1, 0.15) is 0 Å². The van der Waals surface area contributed by atoms with Crippen LogP contribution in [-0.4, -0.2) is 0 Å². The maximum Gasteiger partial charge on any atom is -0.0240 e. The van der Waals surface area contributed by atoms with Gasteiger partial charge >= 0.3 is 0 Å². The molecule has 0 spiro atoms. The topological polar surface area (TPSA) is 0 Å². The minimum absolute atomic E-state index is 0.563. The van der Waals surface area contributed by atoms with Gasteiger partial charge in [0.15, 0.2) is 0 Å². The molecule has 0 heterocycles. The molecule has 15 rings (SSSR count). The van der Waals surface area contributed by atoms with Crippen LogP contribution in [0.2, 0.25) is 0 Å². The van der Waals surface area contributed by atoms with E-state index in [4.69, 9.17) is 0 Å². The summed E-state index contributed by atoms with van der Waals surface area (Å²) in [7, 11) is 0. The molecule has 15 saturated carbocycles. The first kappa shape index (κ1) is 94.2. The minimum Gasteiger partial charge on any atom is -0.0654 e. The van der Waals surface area contributed by atoms with E-state index in [0.717, 1.165) is 176 Å². The molecule has 4 bridgehead atoms. The maximum absolute atomic E-state index is 2.72. The first-order chi connectivity index (χ1) is 50.0. The lowest BCUT2D eigenvalue weighted by Gasteiger charge is -2.62. The van der Waals surface area contributed by atoms with Gasteiger partial charge < -0.3 is 0 Å². The molecule has 15 aliphatic carbocycles. The van der Waals surface area contributed by atoms with Gasteiger partial charge in [0.05, 0.1) is 0 Å². The highest BCUT2D eigenvalue weighted by Crippen LogP contribution is 2.68. The quantitative estimate of drug-likeness (QED) is 0.153. The molecule has 107 heavy (non-hydrogen) atoms. The fraction of sp³-hybridized carbons (Fsp3) is 1.00. The zero-order valence-corrected chi connectivity index (χ0v) is 79.2. The van der Waals surface area contributed by atoms with Crippen molar-refractivity contribution in [1.82, 2.24) is 0 Å². The molecule has 0 aromatic carbocycles. The molecule has 0 radical (unpaired) electrons. The van der Waals surface area contributed by atoms with Crippen LogP contribution in [0.1, 0.15) is 483 Å². The summed E-state index contributed by atoms with van der Waals surface area (Å²) in [5.41, 5.74) is 4.55. The third-order valence-corrected chi connectivity index (χ3v) is 37.7. The van der Waals surface area contributed by atoms with E-state index in [2.05, 4.69) is 201 Å². The zero-order valence-electron chi connectivity index (χ0n) is 79.2. The molecule has 0 aromatic rings. The average Bonchev–Trinajstić information content (AvgIpc) is 1.39. The van der Waals surface area contributed by atoms with E-state index < -0.39 is 0 Å². The molecule has 0 aromatic heterocycles. The molecule has 0 amide bonds. The monoisotopic (exact) mass is 1490 g/mol. The summed E-state index contributed by atoms with van der Waals surface area (Å²) in [6.07, 6.45) is 65.9. The second-order valence-corrected chi connectivity index (χ2v) is 49.4. The second-order valence-electron chi connectivity index (χ2n) is 49.4. The second kappa shape index (κ2) is 41.9. The van der Waals surface area contributed by atoms with Crippen molar-refractivity contribution in [3.8, 4) is 0 Å². The predicted molar refractivity (Wildman–Crippen MR) is 479 cm³/mol. The molecule has 15 fully saturated rings. The molecular weight excluding hydrogens is 1290 g/mol. The molecule has 0 aliphatic heterocycles. The summed E-state index contributed by atoms with van der Waals surface area (Å²) < 4.78 is 0. The van der Waals surface area contributed by atoms with Crippen LogP contribution in [0.3, 0.4) is 0 Å². The number of hydrogen-bond acceptors (Lipinski definition) is 0.